The molecule has 0 aliphatic carbocycles. The SMILES string of the molecule is Cc1cc(C)c(S(=O)(=O)Nc2nc(-c3ccccc3)cs2)c(C)c1. The second-order valence-corrected chi connectivity index (χ2v) is 8.21. The lowest BCUT2D eigenvalue weighted by Crippen LogP contribution is -2.15. The molecule has 6 heteroatoms. The summed E-state index contributed by atoms with van der Waals surface area (Å²) < 4.78 is 28.1. The summed E-state index contributed by atoms with van der Waals surface area (Å²) >= 11 is 1.28. The van der Waals surface area contributed by atoms with Crippen LogP contribution in [-0.4, -0.2) is 13.4 Å². The van der Waals surface area contributed by atoms with Gasteiger partial charge in [-0.2, -0.15) is 0 Å². The van der Waals surface area contributed by atoms with Gasteiger partial charge in [0.05, 0.1) is 10.6 Å². The number of aromatic nitrogens is 1. The number of nitrogens with zero attached hydrogens (tertiary/aromatic N) is 1. The van der Waals surface area contributed by atoms with Gasteiger partial charge in [-0.3, -0.25) is 4.72 Å². The lowest BCUT2D eigenvalue weighted by molar-refractivity contribution is 0.600. The molecular formula is C18H18N2O2S2. The van der Waals surface area contributed by atoms with Gasteiger partial charge in [-0.15, -0.1) is 11.3 Å². The lowest BCUT2D eigenvalue weighted by Gasteiger charge is -2.12. The first-order valence-electron chi connectivity index (χ1n) is 7.48. The Hall–Kier alpha value is -2.18. The Morgan fingerprint density at radius 1 is 1.00 bits per heavy atom. The van der Waals surface area contributed by atoms with Crippen LogP contribution in [0.25, 0.3) is 11.3 Å². The van der Waals surface area contributed by atoms with Gasteiger partial charge in [0.25, 0.3) is 10.0 Å². The zero-order valence-electron chi connectivity index (χ0n) is 13.7. The first-order valence-corrected chi connectivity index (χ1v) is 9.85. The molecule has 0 aliphatic rings. The second-order valence-electron chi connectivity index (χ2n) is 5.74. The van der Waals surface area contributed by atoms with Crippen molar-refractivity contribution >= 4 is 26.5 Å². The molecule has 3 aromatic rings. The van der Waals surface area contributed by atoms with E-state index in [0.717, 1.165) is 27.9 Å². The van der Waals surface area contributed by atoms with E-state index < -0.39 is 10.0 Å². The number of thiazole rings is 1. The summed E-state index contributed by atoms with van der Waals surface area (Å²) in [5.74, 6) is 0. The average molecular weight is 358 g/mol. The van der Waals surface area contributed by atoms with Crippen LogP contribution in [0.1, 0.15) is 16.7 Å². The number of anilines is 1. The Morgan fingerprint density at radius 2 is 1.62 bits per heavy atom. The fraction of sp³-hybridized carbons (Fsp3) is 0.167. The number of sulfonamides is 1. The summed E-state index contributed by atoms with van der Waals surface area (Å²) in [5, 5.41) is 2.22. The number of aryl methyl sites for hydroxylation is 3. The van der Waals surface area contributed by atoms with Gasteiger partial charge in [-0.1, -0.05) is 48.0 Å². The van der Waals surface area contributed by atoms with Crippen LogP contribution in [0, 0.1) is 20.8 Å². The van der Waals surface area contributed by atoms with E-state index in [1.165, 1.54) is 11.3 Å². The van der Waals surface area contributed by atoms with E-state index in [0.29, 0.717) is 10.0 Å². The van der Waals surface area contributed by atoms with Gasteiger partial charge in [-0.05, 0) is 31.9 Å². The average Bonchev–Trinajstić information content (AvgIpc) is 2.94. The van der Waals surface area contributed by atoms with E-state index in [9.17, 15) is 8.42 Å². The Morgan fingerprint density at radius 3 is 2.25 bits per heavy atom. The quantitative estimate of drug-likeness (QED) is 0.745. The molecule has 0 saturated carbocycles. The minimum absolute atomic E-state index is 0.324. The molecular weight excluding hydrogens is 340 g/mol. The van der Waals surface area contributed by atoms with Crippen LogP contribution in [0.4, 0.5) is 5.13 Å². The van der Waals surface area contributed by atoms with Crippen molar-refractivity contribution in [2.75, 3.05) is 4.72 Å². The maximum Gasteiger partial charge on any atom is 0.264 e. The van der Waals surface area contributed by atoms with Gasteiger partial charge >= 0.3 is 0 Å². The maximum absolute atomic E-state index is 12.8. The number of hydrogen-bond donors (Lipinski definition) is 1. The topological polar surface area (TPSA) is 59.1 Å². The second kappa shape index (κ2) is 6.37. The molecule has 0 radical (unpaired) electrons. The molecule has 1 aromatic heterocycles. The van der Waals surface area contributed by atoms with Gasteiger partial charge in [0.1, 0.15) is 0 Å². The van der Waals surface area contributed by atoms with Crippen molar-refractivity contribution in [2.24, 2.45) is 0 Å². The minimum atomic E-state index is -3.66. The molecule has 0 atom stereocenters. The molecule has 3 rings (SSSR count). The van der Waals surface area contributed by atoms with Crippen molar-refractivity contribution in [1.82, 2.24) is 4.98 Å². The third kappa shape index (κ3) is 3.34. The molecule has 0 aliphatic heterocycles. The van der Waals surface area contributed by atoms with Gasteiger partial charge in [0.15, 0.2) is 5.13 Å². The molecule has 0 unspecified atom stereocenters. The predicted octanol–water partition coefficient (Wildman–Crippen LogP) is 4.54. The molecule has 0 amide bonds. The first kappa shape index (κ1) is 16.7. The number of benzene rings is 2. The molecule has 0 saturated heterocycles. The zero-order valence-corrected chi connectivity index (χ0v) is 15.3. The summed E-state index contributed by atoms with van der Waals surface area (Å²) in [6, 6.07) is 13.4. The van der Waals surface area contributed by atoms with Crippen LogP contribution < -0.4 is 4.72 Å². The smallest absolute Gasteiger partial charge is 0.255 e. The van der Waals surface area contributed by atoms with Crippen LogP contribution in [0.15, 0.2) is 52.7 Å². The number of hydrogen-bond acceptors (Lipinski definition) is 4. The van der Waals surface area contributed by atoms with Crippen molar-refractivity contribution in [3.63, 3.8) is 0 Å². The van der Waals surface area contributed by atoms with Crippen molar-refractivity contribution in [3.8, 4) is 11.3 Å². The third-order valence-corrected chi connectivity index (χ3v) is 6.20. The van der Waals surface area contributed by atoms with Crippen molar-refractivity contribution in [2.45, 2.75) is 25.7 Å². The monoisotopic (exact) mass is 358 g/mol. The Bertz CT molecular complexity index is 954. The summed E-state index contributed by atoms with van der Waals surface area (Å²) in [4.78, 5) is 4.72. The van der Waals surface area contributed by atoms with Gasteiger partial charge in [-0.25, -0.2) is 13.4 Å². The molecule has 0 fully saturated rings. The summed E-state index contributed by atoms with van der Waals surface area (Å²) in [5.41, 5.74) is 4.24. The van der Waals surface area contributed by atoms with Gasteiger partial charge < -0.3 is 0 Å². The van der Waals surface area contributed by atoms with E-state index in [2.05, 4.69) is 9.71 Å². The molecule has 124 valence electrons. The first-order chi connectivity index (χ1) is 11.4. The van der Waals surface area contributed by atoms with E-state index in [4.69, 9.17) is 0 Å². The van der Waals surface area contributed by atoms with Crippen molar-refractivity contribution in [1.29, 1.82) is 0 Å². The summed E-state index contributed by atoms with van der Waals surface area (Å²) in [6.45, 7) is 5.58. The Kier molecular flexibility index (Phi) is 4.43. The van der Waals surface area contributed by atoms with Crippen LogP contribution in [0.5, 0.6) is 0 Å². The van der Waals surface area contributed by atoms with Crippen LogP contribution in [0.3, 0.4) is 0 Å². The van der Waals surface area contributed by atoms with Crippen LogP contribution in [0.2, 0.25) is 0 Å². The molecule has 24 heavy (non-hydrogen) atoms. The minimum Gasteiger partial charge on any atom is -0.255 e. The van der Waals surface area contributed by atoms with E-state index in [1.807, 2.05) is 68.6 Å². The number of rotatable bonds is 4. The van der Waals surface area contributed by atoms with Crippen molar-refractivity contribution in [3.05, 3.63) is 64.5 Å². The fourth-order valence-corrected chi connectivity index (χ4v) is 5.25. The van der Waals surface area contributed by atoms with E-state index in [1.54, 1.807) is 0 Å². The Balaban J connectivity index is 1.93. The highest BCUT2D eigenvalue weighted by Crippen LogP contribution is 2.28. The highest BCUT2D eigenvalue weighted by atomic mass is 32.2. The van der Waals surface area contributed by atoms with E-state index in [-0.39, 0.29) is 0 Å². The third-order valence-electron chi connectivity index (χ3n) is 3.67. The van der Waals surface area contributed by atoms with Crippen LogP contribution >= 0.6 is 11.3 Å². The molecule has 2 aromatic carbocycles. The van der Waals surface area contributed by atoms with Gasteiger partial charge in [0, 0.05) is 10.9 Å². The largest absolute Gasteiger partial charge is 0.264 e. The summed E-state index contributed by atoms with van der Waals surface area (Å²) in [6.07, 6.45) is 0. The lowest BCUT2D eigenvalue weighted by atomic mass is 10.1. The highest BCUT2D eigenvalue weighted by Gasteiger charge is 2.21. The van der Waals surface area contributed by atoms with Crippen molar-refractivity contribution < 1.29 is 8.42 Å². The Labute approximate surface area is 146 Å². The molecule has 1 heterocycles. The predicted molar refractivity (Wildman–Crippen MR) is 99.0 cm³/mol. The molecule has 0 spiro atoms. The van der Waals surface area contributed by atoms with Gasteiger partial charge in [0.2, 0.25) is 0 Å². The summed E-state index contributed by atoms with van der Waals surface area (Å²) in [7, 11) is -3.66. The highest BCUT2D eigenvalue weighted by molar-refractivity contribution is 7.93. The molecule has 4 nitrogen and oxygen atoms in total. The van der Waals surface area contributed by atoms with Crippen LogP contribution in [-0.2, 0) is 10.0 Å². The standard InChI is InChI=1S/C18H18N2O2S2/c1-12-9-13(2)17(14(3)10-12)24(21,22)20-18-19-16(11-23-18)15-7-5-4-6-8-15/h4-11H,1-3H3,(H,19,20). The molecule has 1 N–H and O–H groups in total. The molecule has 0 bridgehead atoms. The number of nitrogens with one attached hydrogen (secondary N) is 1. The fourth-order valence-electron chi connectivity index (χ4n) is 2.82. The maximum atomic E-state index is 12.8. The normalized spacial score (nSPS) is 11.5. The van der Waals surface area contributed by atoms with E-state index >= 15 is 0 Å². The zero-order chi connectivity index (χ0) is 17.3.